The first-order valence-electron chi connectivity index (χ1n) is 2.91. The van der Waals surface area contributed by atoms with E-state index < -0.39 is 0 Å². The molecule has 1 heterocycles. The molecule has 0 radical (unpaired) electrons. The number of hydrogen-bond donors (Lipinski definition) is 0. The first-order chi connectivity index (χ1) is 4.75. The Balaban J connectivity index is 3.14. The van der Waals surface area contributed by atoms with Crippen molar-refractivity contribution in [2.24, 2.45) is 0 Å². The fourth-order valence-electron chi connectivity index (χ4n) is 0.692. The minimum absolute atomic E-state index is 0.378. The largest absolute Gasteiger partial charge is 0.228 e. The zero-order valence-corrected chi connectivity index (χ0v) is 7.15. The van der Waals surface area contributed by atoms with Crippen LogP contribution in [0.3, 0.4) is 0 Å². The Hall–Kier alpha value is -0.440. The number of aromatic nitrogens is 1. The van der Waals surface area contributed by atoms with Crippen molar-refractivity contribution in [2.75, 3.05) is 0 Å². The highest BCUT2D eigenvalue weighted by molar-refractivity contribution is 9.08. The van der Waals surface area contributed by atoms with Crippen molar-refractivity contribution in [1.29, 1.82) is 0 Å². The molecular weight excluding hydrogens is 197 g/mol. The topological polar surface area (TPSA) is 12.9 Å². The monoisotopic (exact) mass is 203 g/mol. The van der Waals surface area contributed by atoms with Crippen LogP contribution in [0.5, 0.6) is 0 Å². The molecule has 0 amide bonds. The molecule has 0 atom stereocenters. The summed E-state index contributed by atoms with van der Waals surface area (Å²) in [7, 11) is 0. The average molecular weight is 204 g/mol. The van der Waals surface area contributed by atoms with E-state index in [-0.39, 0.29) is 5.95 Å². The molecule has 0 spiro atoms. The predicted octanol–water partition coefficient (Wildman–Crippen LogP) is 2.42. The molecule has 1 nitrogen and oxygen atoms in total. The first kappa shape index (κ1) is 7.66. The van der Waals surface area contributed by atoms with E-state index in [1.54, 1.807) is 13.0 Å². The van der Waals surface area contributed by atoms with Crippen LogP contribution in [-0.2, 0) is 5.33 Å². The van der Waals surface area contributed by atoms with Gasteiger partial charge in [0.25, 0.3) is 0 Å². The van der Waals surface area contributed by atoms with E-state index in [4.69, 9.17) is 0 Å². The highest BCUT2D eigenvalue weighted by Crippen LogP contribution is 2.12. The molecule has 54 valence electrons. The fraction of sp³-hybridized carbons (Fsp3) is 0.286. The lowest BCUT2D eigenvalue weighted by atomic mass is 10.2. The van der Waals surface area contributed by atoms with Crippen LogP contribution in [0.15, 0.2) is 12.3 Å². The normalized spacial score (nSPS) is 9.90. The van der Waals surface area contributed by atoms with Crippen LogP contribution < -0.4 is 0 Å². The van der Waals surface area contributed by atoms with Crippen LogP contribution in [0.25, 0.3) is 0 Å². The lowest BCUT2D eigenvalue weighted by Gasteiger charge is -1.99. The van der Waals surface area contributed by atoms with Crippen LogP contribution in [-0.4, -0.2) is 4.98 Å². The van der Waals surface area contributed by atoms with E-state index in [1.807, 2.05) is 0 Å². The van der Waals surface area contributed by atoms with Gasteiger partial charge in [0.05, 0.1) is 0 Å². The maximum Gasteiger partial charge on any atom is 0.216 e. The summed E-state index contributed by atoms with van der Waals surface area (Å²) in [5.74, 6) is -0.378. The summed E-state index contributed by atoms with van der Waals surface area (Å²) < 4.78 is 12.6. The summed E-state index contributed by atoms with van der Waals surface area (Å²) in [4.78, 5) is 3.50. The van der Waals surface area contributed by atoms with Crippen LogP contribution >= 0.6 is 15.9 Å². The van der Waals surface area contributed by atoms with Crippen molar-refractivity contribution in [3.05, 3.63) is 29.3 Å². The molecule has 0 aliphatic rings. The summed E-state index contributed by atoms with van der Waals surface area (Å²) in [6.07, 6.45) is 1.47. The van der Waals surface area contributed by atoms with Gasteiger partial charge in [-0.1, -0.05) is 15.9 Å². The maximum atomic E-state index is 12.6. The molecule has 10 heavy (non-hydrogen) atoms. The van der Waals surface area contributed by atoms with E-state index >= 15 is 0 Å². The van der Waals surface area contributed by atoms with Crippen molar-refractivity contribution >= 4 is 15.9 Å². The predicted molar refractivity (Wildman–Crippen MR) is 41.6 cm³/mol. The van der Waals surface area contributed by atoms with Gasteiger partial charge in [0.15, 0.2) is 0 Å². The van der Waals surface area contributed by atoms with Crippen LogP contribution in [0, 0.1) is 12.9 Å². The summed E-state index contributed by atoms with van der Waals surface area (Å²) >= 11 is 3.25. The van der Waals surface area contributed by atoms with Gasteiger partial charge in [-0.3, -0.25) is 0 Å². The van der Waals surface area contributed by atoms with E-state index in [9.17, 15) is 4.39 Å². The third kappa shape index (κ3) is 1.34. The average Bonchev–Trinajstić information content (AvgIpc) is 1.95. The van der Waals surface area contributed by atoms with E-state index in [2.05, 4.69) is 20.9 Å². The highest BCUT2D eigenvalue weighted by Gasteiger charge is 2.01. The van der Waals surface area contributed by atoms with Gasteiger partial charge in [-0.15, -0.1) is 0 Å². The van der Waals surface area contributed by atoms with Crippen molar-refractivity contribution in [1.82, 2.24) is 4.98 Å². The third-order valence-corrected chi connectivity index (χ3v) is 2.00. The molecule has 0 saturated heterocycles. The molecule has 3 heteroatoms. The van der Waals surface area contributed by atoms with E-state index in [1.165, 1.54) is 6.20 Å². The Bertz CT molecular complexity index is 237. The standard InChI is InChI=1S/C7H7BrFN/c1-5-6(4-8)2-3-10-7(5)9/h2-3H,4H2,1H3. The quantitative estimate of drug-likeness (QED) is 0.505. The SMILES string of the molecule is Cc1c(CBr)ccnc1F. The second-order valence-electron chi connectivity index (χ2n) is 2.02. The van der Waals surface area contributed by atoms with E-state index in [0.717, 1.165) is 5.56 Å². The van der Waals surface area contributed by atoms with Crippen molar-refractivity contribution in [3.8, 4) is 0 Å². The molecular formula is C7H7BrFN. The van der Waals surface area contributed by atoms with Crippen molar-refractivity contribution < 1.29 is 4.39 Å². The molecule has 0 bridgehead atoms. The minimum Gasteiger partial charge on any atom is -0.228 e. The van der Waals surface area contributed by atoms with Gasteiger partial charge in [0.2, 0.25) is 5.95 Å². The Morgan fingerprint density at radius 1 is 1.70 bits per heavy atom. The molecule has 0 aliphatic carbocycles. The number of rotatable bonds is 1. The molecule has 0 aromatic carbocycles. The molecule has 0 saturated carbocycles. The fourth-order valence-corrected chi connectivity index (χ4v) is 1.30. The second kappa shape index (κ2) is 3.10. The zero-order chi connectivity index (χ0) is 7.56. The molecule has 1 aromatic rings. The van der Waals surface area contributed by atoms with Crippen molar-refractivity contribution in [2.45, 2.75) is 12.3 Å². The van der Waals surface area contributed by atoms with Gasteiger partial charge >= 0.3 is 0 Å². The van der Waals surface area contributed by atoms with Gasteiger partial charge in [-0.05, 0) is 18.6 Å². The summed E-state index contributed by atoms with van der Waals surface area (Å²) in [5, 5.41) is 0.679. The van der Waals surface area contributed by atoms with Crippen LogP contribution in [0.2, 0.25) is 0 Å². The Morgan fingerprint density at radius 3 is 2.90 bits per heavy atom. The van der Waals surface area contributed by atoms with Crippen molar-refractivity contribution in [3.63, 3.8) is 0 Å². The molecule has 0 N–H and O–H groups in total. The summed E-state index contributed by atoms with van der Waals surface area (Å²) in [6, 6.07) is 1.80. The van der Waals surface area contributed by atoms with Gasteiger partial charge in [-0.25, -0.2) is 4.98 Å². The molecule has 0 fully saturated rings. The number of alkyl halides is 1. The Kier molecular flexibility index (Phi) is 2.38. The van der Waals surface area contributed by atoms with E-state index in [0.29, 0.717) is 10.9 Å². The first-order valence-corrected chi connectivity index (χ1v) is 4.04. The van der Waals surface area contributed by atoms with Gasteiger partial charge < -0.3 is 0 Å². The Morgan fingerprint density at radius 2 is 2.40 bits per heavy atom. The number of nitrogens with zero attached hydrogens (tertiary/aromatic N) is 1. The highest BCUT2D eigenvalue weighted by atomic mass is 79.9. The van der Waals surface area contributed by atoms with Gasteiger partial charge in [-0.2, -0.15) is 4.39 Å². The third-order valence-electron chi connectivity index (χ3n) is 1.40. The smallest absolute Gasteiger partial charge is 0.216 e. The van der Waals surface area contributed by atoms with Gasteiger partial charge in [0.1, 0.15) is 0 Å². The minimum atomic E-state index is -0.378. The van der Waals surface area contributed by atoms with Gasteiger partial charge in [0, 0.05) is 17.1 Å². The molecule has 1 rings (SSSR count). The molecule has 1 aromatic heterocycles. The zero-order valence-electron chi connectivity index (χ0n) is 5.56. The van der Waals surface area contributed by atoms with Crippen LogP contribution in [0.4, 0.5) is 4.39 Å². The Labute approximate surface area is 67.4 Å². The lowest BCUT2D eigenvalue weighted by molar-refractivity contribution is 0.572. The summed E-state index contributed by atoms with van der Waals surface area (Å²) in [5.41, 5.74) is 1.58. The molecule has 0 unspecified atom stereocenters. The second-order valence-corrected chi connectivity index (χ2v) is 2.58. The number of halogens is 2. The summed E-state index contributed by atoms with van der Waals surface area (Å²) in [6.45, 7) is 1.72. The van der Waals surface area contributed by atoms with Crippen LogP contribution in [0.1, 0.15) is 11.1 Å². The number of pyridine rings is 1. The molecule has 0 aliphatic heterocycles. The lowest BCUT2D eigenvalue weighted by Crippen LogP contribution is -1.91. The number of hydrogen-bond acceptors (Lipinski definition) is 1. The maximum absolute atomic E-state index is 12.6.